The third-order valence-corrected chi connectivity index (χ3v) is 4.68. The minimum atomic E-state index is 0.405. The predicted molar refractivity (Wildman–Crippen MR) is 85.4 cm³/mol. The van der Waals surface area contributed by atoms with Crippen LogP contribution >= 0.6 is 11.6 Å². The van der Waals surface area contributed by atoms with Crippen molar-refractivity contribution >= 4 is 11.6 Å². The number of rotatable bonds is 5. The van der Waals surface area contributed by atoms with E-state index in [0.29, 0.717) is 24.5 Å². The van der Waals surface area contributed by atoms with Gasteiger partial charge in [-0.3, -0.25) is 0 Å². The van der Waals surface area contributed by atoms with Gasteiger partial charge in [0.2, 0.25) is 0 Å². The molecular weight excluding hydrogens is 286 g/mol. The van der Waals surface area contributed by atoms with E-state index in [-0.39, 0.29) is 0 Å². The van der Waals surface area contributed by atoms with Crippen LogP contribution < -0.4 is 4.74 Å². The van der Waals surface area contributed by atoms with Crippen LogP contribution in [0, 0.1) is 0 Å². The molecule has 3 nitrogen and oxygen atoms in total. The van der Waals surface area contributed by atoms with E-state index in [1.807, 2.05) is 0 Å². The third-order valence-electron chi connectivity index (χ3n) is 4.53. The van der Waals surface area contributed by atoms with E-state index in [1.165, 1.54) is 5.56 Å². The van der Waals surface area contributed by atoms with E-state index in [2.05, 4.69) is 29.2 Å². The molecule has 0 radical (unpaired) electrons. The second-order valence-electron chi connectivity index (χ2n) is 5.93. The zero-order chi connectivity index (χ0) is 14.5. The van der Waals surface area contributed by atoms with Gasteiger partial charge in [-0.15, -0.1) is 11.6 Å². The summed E-state index contributed by atoms with van der Waals surface area (Å²) in [6.07, 6.45) is 3.78. The lowest BCUT2D eigenvalue weighted by atomic mass is 9.92. The molecule has 1 atom stereocenters. The lowest BCUT2D eigenvalue weighted by molar-refractivity contribution is 0.0131. The van der Waals surface area contributed by atoms with Crippen molar-refractivity contribution in [3.8, 4) is 5.75 Å². The van der Waals surface area contributed by atoms with Crippen LogP contribution in [-0.4, -0.2) is 49.7 Å². The van der Waals surface area contributed by atoms with Gasteiger partial charge in [0, 0.05) is 31.4 Å². The molecule has 4 heteroatoms. The summed E-state index contributed by atoms with van der Waals surface area (Å²) in [4.78, 5) is 2.58. The van der Waals surface area contributed by atoms with Crippen molar-refractivity contribution < 1.29 is 9.47 Å². The molecule has 2 aliphatic heterocycles. The number of fused-ring (bicyclic) bond motifs is 1. The number of likely N-dealkylation sites (tertiary alicyclic amines) is 1. The van der Waals surface area contributed by atoms with Gasteiger partial charge in [0.15, 0.2) is 0 Å². The molecule has 0 N–H and O–H groups in total. The highest BCUT2D eigenvalue weighted by atomic mass is 35.5. The van der Waals surface area contributed by atoms with Crippen molar-refractivity contribution in [3.05, 3.63) is 29.8 Å². The van der Waals surface area contributed by atoms with Crippen molar-refractivity contribution in [2.75, 3.05) is 38.7 Å². The highest BCUT2D eigenvalue weighted by Gasteiger charge is 2.26. The van der Waals surface area contributed by atoms with Gasteiger partial charge >= 0.3 is 0 Å². The van der Waals surface area contributed by atoms with Crippen molar-refractivity contribution in [1.29, 1.82) is 0 Å². The number of benzene rings is 1. The molecule has 116 valence electrons. The number of piperidine rings is 1. The predicted octanol–water partition coefficient (Wildman–Crippen LogP) is 3.27. The molecule has 1 aromatic rings. The molecule has 2 heterocycles. The van der Waals surface area contributed by atoms with Crippen molar-refractivity contribution in [1.82, 2.24) is 4.90 Å². The van der Waals surface area contributed by atoms with Gasteiger partial charge < -0.3 is 14.4 Å². The Labute approximate surface area is 132 Å². The van der Waals surface area contributed by atoms with Gasteiger partial charge in [-0.05, 0) is 30.9 Å². The SMILES string of the molecule is ClCCOC1CCN(CC2CCOc3ccccc32)CC1. The van der Waals surface area contributed by atoms with E-state index in [4.69, 9.17) is 21.1 Å². The average molecular weight is 310 g/mol. The third kappa shape index (κ3) is 3.91. The fraction of sp³-hybridized carbons (Fsp3) is 0.647. The summed E-state index contributed by atoms with van der Waals surface area (Å²) in [6.45, 7) is 4.93. The lowest BCUT2D eigenvalue weighted by Crippen LogP contribution is -2.40. The minimum absolute atomic E-state index is 0.405. The molecule has 3 rings (SSSR count). The molecule has 0 aliphatic carbocycles. The van der Waals surface area contributed by atoms with Crippen LogP contribution in [-0.2, 0) is 4.74 Å². The summed E-state index contributed by atoms with van der Waals surface area (Å²) in [6, 6.07) is 8.48. The molecule has 21 heavy (non-hydrogen) atoms. The average Bonchev–Trinajstić information content (AvgIpc) is 2.55. The van der Waals surface area contributed by atoms with Crippen LogP contribution in [0.15, 0.2) is 24.3 Å². The first-order valence-electron chi connectivity index (χ1n) is 7.98. The molecule has 0 saturated carbocycles. The van der Waals surface area contributed by atoms with Crippen molar-refractivity contribution in [2.45, 2.75) is 31.3 Å². The normalized spacial score (nSPS) is 23.6. The second-order valence-corrected chi connectivity index (χ2v) is 6.31. The molecule has 0 bridgehead atoms. The molecule has 0 spiro atoms. The Balaban J connectivity index is 1.52. The Morgan fingerprint density at radius 1 is 1.19 bits per heavy atom. The molecule has 0 aromatic heterocycles. The number of para-hydroxylation sites is 1. The van der Waals surface area contributed by atoms with Gasteiger partial charge in [0.1, 0.15) is 5.75 Å². The fourth-order valence-electron chi connectivity index (χ4n) is 3.39. The van der Waals surface area contributed by atoms with Crippen LogP contribution in [0.2, 0.25) is 0 Å². The summed E-state index contributed by atoms with van der Waals surface area (Å²) in [7, 11) is 0. The quantitative estimate of drug-likeness (QED) is 0.779. The summed E-state index contributed by atoms with van der Waals surface area (Å²) in [5, 5.41) is 0. The highest BCUT2D eigenvalue weighted by molar-refractivity contribution is 6.17. The Hall–Kier alpha value is -0.770. The van der Waals surface area contributed by atoms with Gasteiger partial charge in [-0.1, -0.05) is 18.2 Å². The molecule has 1 unspecified atom stereocenters. The number of halogens is 1. The first kappa shape index (κ1) is 15.1. The number of alkyl halides is 1. The zero-order valence-corrected chi connectivity index (χ0v) is 13.2. The topological polar surface area (TPSA) is 21.7 Å². The highest BCUT2D eigenvalue weighted by Crippen LogP contribution is 2.34. The van der Waals surface area contributed by atoms with Crippen molar-refractivity contribution in [3.63, 3.8) is 0 Å². The molecule has 0 amide bonds. The lowest BCUT2D eigenvalue weighted by Gasteiger charge is -2.35. The maximum absolute atomic E-state index is 5.75. The molecule has 1 fully saturated rings. The maximum Gasteiger partial charge on any atom is 0.122 e. The summed E-state index contributed by atoms with van der Waals surface area (Å²) in [5.74, 6) is 2.28. The summed E-state index contributed by atoms with van der Waals surface area (Å²) >= 11 is 5.68. The van der Waals surface area contributed by atoms with Crippen LogP contribution in [0.1, 0.15) is 30.7 Å². The van der Waals surface area contributed by atoms with Gasteiger partial charge in [0.25, 0.3) is 0 Å². The van der Waals surface area contributed by atoms with Crippen molar-refractivity contribution in [2.24, 2.45) is 0 Å². The van der Waals surface area contributed by atoms with Gasteiger partial charge in [-0.25, -0.2) is 0 Å². The fourth-order valence-corrected chi connectivity index (χ4v) is 3.48. The largest absolute Gasteiger partial charge is 0.493 e. The zero-order valence-electron chi connectivity index (χ0n) is 12.5. The first-order chi connectivity index (χ1) is 10.4. The van der Waals surface area contributed by atoms with E-state index >= 15 is 0 Å². The molecule has 2 aliphatic rings. The summed E-state index contributed by atoms with van der Waals surface area (Å²) < 4.78 is 11.5. The first-order valence-corrected chi connectivity index (χ1v) is 8.52. The van der Waals surface area contributed by atoms with Gasteiger partial charge in [-0.2, -0.15) is 0 Å². The minimum Gasteiger partial charge on any atom is -0.493 e. The Bertz CT molecular complexity index is 446. The molecule has 1 aromatic carbocycles. The van der Waals surface area contributed by atoms with Crippen LogP contribution in [0.4, 0.5) is 0 Å². The molecule has 1 saturated heterocycles. The number of ether oxygens (including phenoxy) is 2. The van der Waals surface area contributed by atoms with E-state index < -0.39 is 0 Å². The second kappa shape index (κ2) is 7.48. The van der Waals surface area contributed by atoms with Crippen LogP contribution in [0.5, 0.6) is 5.75 Å². The summed E-state index contributed by atoms with van der Waals surface area (Å²) in [5.41, 5.74) is 1.38. The number of hydrogen-bond donors (Lipinski definition) is 0. The van der Waals surface area contributed by atoms with Crippen LogP contribution in [0.3, 0.4) is 0 Å². The Morgan fingerprint density at radius 2 is 2.00 bits per heavy atom. The van der Waals surface area contributed by atoms with E-state index in [0.717, 1.165) is 51.3 Å². The Morgan fingerprint density at radius 3 is 2.81 bits per heavy atom. The Kier molecular flexibility index (Phi) is 5.39. The smallest absolute Gasteiger partial charge is 0.122 e. The monoisotopic (exact) mass is 309 g/mol. The number of hydrogen-bond acceptors (Lipinski definition) is 3. The maximum atomic E-state index is 5.75. The molecular formula is C17H24ClNO2. The van der Waals surface area contributed by atoms with Gasteiger partial charge in [0.05, 0.1) is 19.3 Å². The number of nitrogens with zero attached hydrogens (tertiary/aromatic N) is 1. The van der Waals surface area contributed by atoms with E-state index in [9.17, 15) is 0 Å². The standard InChI is InChI=1S/C17H24ClNO2/c18-8-12-20-15-5-9-19(10-6-15)13-14-7-11-21-17-4-2-1-3-16(14)17/h1-4,14-15H,5-13H2. The van der Waals surface area contributed by atoms with Crippen LogP contribution in [0.25, 0.3) is 0 Å². The van der Waals surface area contributed by atoms with E-state index in [1.54, 1.807) is 0 Å².